The van der Waals surface area contributed by atoms with Gasteiger partial charge in [0.25, 0.3) is 0 Å². The second-order valence-electron chi connectivity index (χ2n) is 6.58. The number of carbonyl (C=O) groups is 1. The first kappa shape index (κ1) is 14.6. The number of carbonyl (C=O) groups excluding carboxylic acids is 1. The van der Waals surface area contributed by atoms with E-state index >= 15 is 0 Å². The Balaban J connectivity index is 1.66. The maximum absolute atomic E-state index is 12.7. The van der Waals surface area contributed by atoms with Gasteiger partial charge in [-0.3, -0.25) is 4.79 Å². The van der Waals surface area contributed by atoms with Gasteiger partial charge in [0.05, 0.1) is 5.92 Å². The molecule has 2 atom stereocenters. The second kappa shape index (κ2) is 6.61. The lowest BCUT2D eigenvalue weighted by Gasteiger charge is -2.31. The van der Waals surface area contributed by atoms with Crippen molar-refractivity contribution in [2.45, 2.75) is 57.5 Å². The SMILES string of the molecule is CC(NC(=O)C1CNCc2ccccc21)C1CCCCC1. The van der Waals surface area contributed by atoms with Crippen LogP contribution in [0.3, 0.4) is 0 Å². The minimum Gasteiger partial charge on any atom is -0.353 e. The van der Waals surface area contributed by atoms with Crippen LogP contribution in [0, 0.1) is 5.92 Å². The van der Waals surface area contributed by atoms with Gasteiger partial charge in [-0.05, 0) is 36.8 Å². The van der Waals surface area contributed by atoms with Crippen LogP contribution < -0.4 is 10.6 Å². The highest BCUT2D eigenvalue weighted by molar-refractivity contribution is 5.84. The molecule has 1 heterocycles. The zero-order valence-electron chi connectivity index (χ0n) is 12.9. The van der Waals surface area contributed by atoms with Gasteiger partial charge in [-0.15, -0.1) is 0 Å². The number of hydrogen-bond acceptors (Lipinski definition) is 2. The average Bonchev–Trinajstić information content (AvgIpc) is 2.55. The third kappa shape index (κ3) is 3.29. The minimum atomic E-state index is -0.0407. The Morgan fingerprint density at radius 2 is 2.00 bits per heavy atom. The molecule has 1 amide bonds. The molecule has 2 aliphatic rings. The number of fused-ring (bicyclic) bond motifs is 1. The fourth-order valence-electron chi connectivity index (χ4n) is 3.81. The Labute approximate surface area is 127 Å². The fourth-order valence-corrected chi connectivity index (χ4v) is 3.81. The maximum Gasteiger partial charge on any atom is 0.229 e. The number of nitrogens with one attached hydrogen (secondary N) is 2. The van der Waals surface area contributed by atoms with Crippen molar-refractivity contribution in [1.82, 2.24) is 10.6 Å². The van der Waals surface area contributed by atoms with Crippen molar-refractivity contribution in [3.05, 3.63) is 35.4 Å². The lowest BCUT2D eigenvalue weighted by molar-refractivity contribution is -0.123. The molecule has 1 aliphatic heterocycles. The molecule has 0 saturated heterocycles. The summed E-state index contributed by atoms with van der Waals surface area (Å²) in [4.78, 5) is 12.7. The van der Waals surface area contributed by atoms with Crippen molar-refractivity contribution in [2.24, 2.45) is 5.92 Å². The molecule has 0 radical (unpaired) electrons. The molecule has 0 spiro atoms. The van der Waals surface area contributed by atoms with Crippen LogP contribution >= 0.6 is 0 Å². The molecule has 1 fully saturated rings. The summed E-state index contributed by atoms with van der Waals surface area (Å²) in [7, 11) is 0. The highest BCUT2D eigenvalue weighted by Crippen LogP contribution is 2.28. The van der Waals surface area contributed by atoms with Gasteiger partial charge in [0.2, 0.25) is 5.91 Å². The molecule has 3 rings (SSSR count). The van der Waals surface area contributed by atoms with Gasteiger partial charge < -0.3 is 10.6 Å². The van der Waals surface area contributed by atoms with Crippen LogP contribution in [0.4, 0.5) is 0 Å². The van der Waals surface area contributed by atoms with Crippen LogP contribution in [0.1, 0.15) is 56.1 Å². The second-order valence-corrected chi connectivity index (χ2v) is 6.58. The molecular formula is C18H26N2O. The lowest BCUT2D eigenvalue weighted by Crippen LogP contribution is -2.45. The van der Waals surface area contributed by atoms with Crippen LogP contribution in [-0.4, -0.2) is 18.5 Å². The first-order chi connectivity index (χ1) is 10.3. The molecule has 0 bridgehead atoms. The molecule has 0 aromatic heterocycles. The highest BCUT2D eigenvalue weighted by atomic mass is 16.2. The monoisotopic (exact) mass is 286 g/mol. The van der Waals surface area contributed by atoms with Crippen molar-refractivity contribution in [2.75, 3.05) is 6.54 Å². The first-order valence-electron chi connectivity index (χ1n) is 8.34. The van der Waals surface area contributed by atoms with Gasteiger partial charge in [0, 0.05) is 19.1 Å². The summed E-state index contributed by atoms with van der Waals surface area (Å²) in [5.41, 5.74) is 2.46. The molecule has 1 aliphatic carbocycles. The van der Waals surface area contributed by atoms with Crippen LogP contribution in [-0.2, 0) is 11.3 Å². The van der Waals surface area contributed by atoms with Crippen molar-refractivity contribution in [3.63, 3.8) is 0 Å². The fraction of sp³-hybridized carbons (Fsp3) is 0.611. The maximum atomic E-state index is 12.7. The van der Waals surface area contributed by atoms with Crippen LogP contribution in [0.5, 0.6) is 0 Å². The third-order valence-corrected chi connectivity index (χ3v) is 5.14. The Bertz CT molecular complexity index is 494. The predicted octanol–water partition coefficient (Wildman–Crippen LogP) is 2.96. The van der Waals surface area contributed by atoms with E-state index in [0.717, 1.165) is 13.1 Å². The zero-order valence-corrected chi connectivity index (χ0v) is 12.9. The van der Waals surface area contributed by atoms with Crippen LogP contribution in [0.15, 0.2) is 24.3 Å². The number of benzene rings is 1. The van der Waals surface area contributed by atoms with E-state index in [0.29, 0.717) is 12.0 Å². The van der Waals surface area contributed by atoms with E-state index in [4.69, 9.17) is 0 Å². The van der Waals surface area contributed by atoms with Crippen molar-refractivity contribution in [3.8, 4) is 0 Å². The van der Waals surface area contributed by atoms with Crippen molar-refractivity contribution in [1.29, 1.82) is 0 Å². The standard InChI is InChI=1S/C18H26N2O/c1-13(14-7-3-2-4-8-14)20-18(21)17-12-19-11-15-9-5-6-10-16(15)17/h5-6,9-10,13-14,17,19H,2-4,7-8,11-12H2,1H3,(H,20,21). The molecule has 114 valence electrons. The summed E-state index contributed by atoms with van der Waals surface area (Å²) in [6.07, 6.45) is 6.52. The largest absolute Gasteiger partial charge is 0.353 e. The Morgan fingerprint density at radius 3 is 2.81 bits per heavy atom. The van der Waals surface area contributed by atoms with E-state index in [2.05, 4.69) is 29.7 Å². The molecule has 1 saturated carbocycles. The summed E-state index contributed by atoms with van der Waals surface area (Å²) in [6, 6.07) is 8.60. The van der Waals surface area contributed by atoms with E-state index in [1.807, 2.05) is 12.1 Å². The first-order valence-corrected chi connectivity index (χ1v) is 8.34. The van der Waals surface area contributed by atoms with Gasteiger partial charge in [-0.2, -0.15) is 0 Å². The Hall–Kier alpha value is -1.35. The summed E-state index contributed by atoms with van der Waals surface area (Å²) in [6.45, 7) is 3.80. The van der Waals surface area contributed by atoms with Gasteiger partial charge in [0.15, 0.2) is 0 Å². The highest BCUT2D eigenvalue weighted by Gasteiger charge is 2.28. The van der Waals surface area contributed by atoms with E-state index in [1.54, 1.807) is 0 Å². The molecule has 3 nitrogen and oxygen atoms in total. The lowest BCUT2D eigenvalue weighted by atomic mass is 9.84. The molecular weight excluding hydrogens is 260 g/mol. The van der Waals surface area contributed by atoms with E-state index in [-0.39, 0.29) is 11.8 Å². The average molecular weight is 286 g/mol. The molecule has 1 aromatic rings. The van der Waals surface area contributed by atoms with Crippen molar-refractivity contribution >= 4 is 5.91 Å². The van der Waals surface area contributed by atoms with Gasteiger partial charge >= 0.3 is 0 Å². The molecule has 1 aromatic carbocycles. The number of hydrogen-bond donors (Lipinski definition) is 2. The molecule has 2 unspecified atom stereocenters. The zero-order chi connectivity index (χ0) is 14.7. The minimum absolute atomic E-state index is 0.0407. The van der Waals surface area contributed by atoms with Gasteiger partial charge in [-0.25, -0.2) is 0 Å². The summed E-state index contributed by atoms with van der Waals surface area (Å²) in [5.74, 6) is 0.809. The van der Waals surface area contributed by atoms with E-state index < -0.39 is 0 Å². The van der Waals surface area contributed by atoms with Crippen LogP contribution in [0.2, 0.25) is 0 Å². The summed E-state index contributed by atoms with van der Waals surface area (Å²) >= 11 is 0. The number of amides is 1. The predicted molar refractivity (Wildman–Crippen MR) is 85.1 cm³/mol. The molecule has 3 heteroatoms. The summed E-state index contributed by atoms with van der Waals surface area (Å²) in [5, 5.41) is 6.65. The van der Waals surface area contributed by atoms with E-state index in [1.165, 1.54) is 43.2 Å². The number of rotatable bonds is 3. The smallest absolute Gasteiger partial charge is 0.229 e. The van der Waals surface area contributed by atoms with Crippen LogP contribution in [0.25, 0.3) is 0 Å². The Morgan fingerprint density at radius 1 is 1.24 bits per heavy atom. The normalized spacial score (nSPS) is 24.1. The molecule has 2 N–H and O–H groups in total. The third-order valence-electron chi connectivity index (χ3n) is 5.14. The van der Waals surface area contributed by atoms with Crippen molar-refractivity contribution < 1.29 is 4.79 Å². The topological polar surface area (TPSA) is 41.1 Å². The Kier molecular flexibility index (Phi) is 4.59. The summed E-state index contributed by atoms with van der Waals surface area (Å²) < 4.78 is 0. The van der Waals surface area contributed by atoms with Gasteiger partial charge in [-0.1, -0.05) is 43.5 Å². The quantitative estimate of drug-likeness (QED) is 0.897. The van der Waals surface area contributed by atoms with E-state index in [9.17, 15) is 4.79 Å². The van der Waals surface area contributed by atoms with Gasteiger partial charge in [0.1, 0.15) is 0 Å². The molecule has 21 heavy (non-hydrogen) atoms.